The van der Waals surface area contributed by atoms with Gasteiger partial charge in [-0.3, -0.25) is 14.4 Å². The van der Waals surface area contributed by atoms with Crippen molar-refractivity contribution >= 4 is 17.9 Å². The Morgan fingerprint density at radius 2 is 0.733 bits per heavy atom. The maximum Gasteiger partial charge on any atom is 0.306 e. The highest BCUT2D eigenvalue weighted by Crippen LogP contribution is 2.12. The van der Waals surface area contributed by atoms with E-state index >= 15 is 0 Å². The molecule has 0 radical (unpaired) electrons. The van der Waals surface area contributed by atoms with Crippen LogP contribution in [0.15, 0.2) is 122 Å². The van der Waals surface area contributed by atoms with Crippen LogP contribution in [0.4, 0.5) is 0 Å². The Labute approximate surface area is 367 Å². The summed E-state index contributed by atoms with van der Waals surface area (Å²) in [7, 11) is 0. The molecule has 1 unspecified atom stereocenters. The molecule has 0 saturated carbocycles. The third-order valence-corrected chi connectivity index (χ3v) is 9.38. The van der Waals surface area contributed by atoms with Gasteiger partial charge in [-0.05, 0) is 83.5 Å². The maximum atomic E-state index is 12.7. The lowest BCUT2D eigenvalue weighted by Crippen LogP contribution is -2.30. The smallest absolute Gasteiger partial charge is 0.306 e. The molecule has 0 aliphatic rings. The SMILES string of the molecule is CC\C=C/C=C\C=C/C=C\C=C\C=C/C=C\CCCCCC(=O)OCC(COC(=O)CCCCCCC/C=C\CCCC)OC(=O)CCCCCCC/C=C\C/C=C\CC. The van der Waals surface area contributed by atoms with Crippen LogP contribution in [0, 0.1) is 0 Å². The molecule has 0 aliphatic heterocycles. The third-order valence-electron chi connectivity index (χ3n) is 9.38. The van der Waals surface area contributed by atoms with E-state index in [2.05, 4.69) is 69.4 Å². The first-order chi connectivity index (χ1) is 29.5. The topological polar surface area (TPSA) is 78.9 Å². The van der Waals surface area contributed by atoms with Gasteiger partial charge in [-0.25, -0.2) is 0 Å². The molecule has 0 heterocycles. The second-order valence-corrected chi connectivity index (χ2v) is 15.1. The van der Waals surface area contributed by atoms with Crippen LogP contribution in [0.25, 0.3) is 0 Å². The van der Waals surface area contributed by atoms with Crippen LogP contribution in [-0.2, 0) is 28.6 Å². The predicted octanol–water partition coefficient (Wildman–Crippen LogP) is 15.4. The number of unbranched alkanes of at least 4 members (excludes halogenated alkanes) is 15. The number of esters is 3. The first-order valence-electron chi connectivity index (χ1n) is 23.6. The van der Waals surface area contributed by atoms with Gasteiger partial charge in [-0.1, -0.05) is 200 Å². The fourth-order valence-corrected chi connectivity index (χ4v) is 5.85. The number of carbonyl (C=O) groups is 3. The highest BCUT2D eigenvalue weighted by molar-refractivity contribution is 5.71. The van der Waals surface area contributed by atoms with E-state index in [-0.39, 0.29) is 31.1 Å². The zero-order chi connectivity index (χ0) is 43.7. The van der Waals surface area contributed by atoms with Crippen LogP contribution in [0.5, 0.6) is 0 Å². The highest BCUT2D eigenvalue weighted by atomic mass is 16.6. The van der Waals surface area contributed by atoms with Crippen LogP contribution >= 0.6 is 0 Å². The molecule has 0 aromatic rings. The standard InChI is InChI=1S/C54H84O6/c1-4-7-10-13-16-19-22-24-25-26-27-28-29-30-33-35-38-41-44-47-53(56)59-50-51(49-58-52(55)46-43-40-37-34-31-21-18-15-12-9-6-3)60-54(57)48-45-42-39-36-32-23-20-17-14-11-8-5-2/h7-8,10-11,13,15-20,22,24-30,33,51H,4-6,9,12,14,21,23,31-32,34-50H2,1-3H3/b10-7-,11-8-,16-13-,18-15-,20-17-,22-19-,25-24-,27-26+,29-28-,33-30-. The lowest BCUT2D eigenvalue weighted by molar-refractivity contribution is -0.167. The molecular formula is C54H84O6. The molecule has 0 fully saturated rings. The van der Waals surface area contributed by atoms with E-state index in [0.717, 1.165) is 116 Å². The summed E-state index contributed by atoms with van der Waals surface area (Å²) in [6.07, 6.45) is 64.6. The van der Waals surface area contributed by atoms with Crippen LogP contribution in [0.3, 0.4) is 0 Å². The average Bonchev–Trinajstić information content (AvgIpc) is 3.24. The largest absolute Gasteiger partial charge is 0.462 e. The first kappa shape index (κ1) is 55.8. The Kier molecular flexibility index (Phi) is 44.2. The summed E-state index contributed by atoms with van der Waals surface area (Å²) in [6.45, 7) is 6.25. The van der Waals surface area contributed by atoms with E-state index in [1.165, 1.54) is 25.7 Å². The minimum atomic E-state index is -0.809. The molecule has 6 nitrogen and oxygen atoms in total. The van der Waals surface area contributed by atoms with Crippen molar-refractivity contribution in [3.05, 3.63) is 122 Å². The van der Waals surface area contributed by atoms with E-state index in [1.807, 2.05) is 72.9 Å². The normalized spacial score (nSPS) is 13.2. The quantitative estimate of drug-likeness (QED) is 0.0201. The van der Waals surface area contributed by atoms with E-state index in [4.69, 9.17) is 14.2 Å². The van der Waals surface area contributed by atoms with Gasteiger partial charge in [-0.15, -0.1) is 0 Å². The van der Waals surface area contributed by atoms with Crippen LogP contribution in [0.2, 0.25) is 0 Å². The molecule has 0 N–H and O–H groups in total. The van der Waals surface area contributed by atoms with Gasteiger partial charge in [0.1, 0.15) is 13.2 Å². The summed E-state index contributed by atoms with van der Waals surface area (Å²) in [5.74, 6) is -0.991. The summed E-state index contributed by atoms with van der Waals surface area (Å²) in [4.78, 5) is 37.8. The van der Waals surface area contributed by atoms with Gasteiger partial charge in [0.15, 0.2) is 6.10 Å². The van der Waals surface area contributed by atoms with Crippen molar-refractivity contribution < 1.29 is 28.6 Å². The summed E-state index contributed by atoms with van der Waals surface area (Å²) >= 11 is 0. The van der Waals surface area contributed by atoms with E-state index in [1.54, 1.807) is 0 Å². The molecule has 6 heteroatoms. The molecule has 0 bridgehead atoms. The molecule has 0 aromatic carbocycles. The fourth-order valence-electron chi connectivity index (χ4n) is 5.85. The van der Waals surface area contributed by atoms with Gasteiger partial charge in [0.25, 0.3) is 0 Å². The van der Waals surface area contributed by atoms with Gasteiger partial charge < -0.3 is 14.2 Å². The molecule has 0 saturated heterocycles. The number of hydrogen-bond acceptors (Lipinski definition) is 6. The zero-order valence-electron chi connectivity index (χ0n) is 38.2. The van der Waals surface area contributed by atoms with Crippen molar-refractivity contribution in [2.24, 2.45) is 0 Å². The van der Waals surface area contributed by atoms with Crippen LogP contribution < -0.4 is 0 Å². The number of ether oxygens (including phenoxy) is 3. The van der Waals surface area contributed by atoms with E-state index in [9.17, 15) is 14.4 Å². The minimum Gasteiger partial charge on any atom is -0.462 e. The molecule has 336 valence electrons. The summed E-state index contributed by atoms with van der Waals surface area (Å²) in [5, 5.41) is 0. The fraction of sp³-hybridized carbons (Fsp3) is 0.574. The highest BCUT2D eigenvalue weighted by Gasteiger charge is 2.19. The Balaban J connectivity index is 4.52. The average molecular weight is 829 g/mol. The van der Waals surface area contributed by atoms with Crippen molar-refractivity contribution in [3.63, 3.8) is 0 Å². The lowest BCUT2D eigenvalue weighted by atomic mass is 10.1. The van der Waals surface area contributed by atoms with Crippen molar-refractivity contribution in [1.29, 1.82) is 0 Å². The summed E-state index contributed by atoms with van der Waals surface area (Å²) in [5.41, 5.74) is 0. The third kappa shape index (κ3) is 44.9. The monoisotopic (exact) mass is 829 g/mol. The maximum absolute atomic E-state index is 12.7. The van der Waals surface area contributed by atoms with Gasteiger partial charge in [0, 0.05) is 19.3 Å². The van der Waals surface area contributed by atoms with E-state index < -0.39 is 6.10 Å². The van der Waals surface area contributed by atoms with Crippen molar-refractivity contribution in [1.82, 2.24) is 0 Å². The molecule has 0 rings (SSSR count). The van der Waals surface area contributed by atoms with Gasteiger partial charge in [0.05, 0.1) is 0 Å². The number of carbonyl (C=O) groups excluding carboxylic acids is 3. The van der Waals surface area contributed by atoms with E-state index in [0.29, 0.717) is 19.3 Å². The van der Waals surface area contributed by atoms with Crippen molar-refractivity contribution in [2.45, 2.75) is 187 Å². The molecule has 0 amide bonds. The molecular weight excluding hydrogens is 745 g/mol. The van der Waals surface area contributed by atoms with Gasteiger partial charge in [0.2, 0.25) is 0 Å². The zero-order valence-corrected chi connectivity index (χ0v) is 38.2. The summed E-state index contributed by atoms with van der Waals surface area (Å²) in [6, 6.07) is 0. The van der Waals surface area contributed by atoms with Crippen LogP contribution in [-0.4, -0.2) is 37.2 Å². The van der Waals surface area contributed by atoms with Gasteiger partial charge >= 0.3 is 17.9 Å². The minimum absolute atomic E-state index is 0.107. The molecule has 0 aromatic heterocycles. The molecule has 0 aliphatic carbocycles. The van der Waals surface area contributed by atoms with Crippen LogP contribution in [0.1, 0.15) is 181 Å². The Morgan fingerprint density at radius 1 is 0.367 bits per heavy atom. The molecule has 0 spiro atoms. The first-order valence-corrected chi connectivity index (χ1v) is 23.6. The number of rotatable bonds is 40. The Bertz CT molecular complexity index is 1320. The Hall–Kier alpha value is -4.19. The lowest BCUT2D eigenvalue weighted by Gasteiger charge is -2.18. The van der Waals surface area contributed by atoms with Gasteiger partial charge in [-0.2, -0.15) is 0 Å². The number of allylic oxidation sites excluding steroid dienone is 20. The predicted molar refractivity (Wildman–Crippen MR) is 256 cm³/mol. The second kappa shape index (κ2) is 47.5. The number of hydrogen-bond donors (Lipinski definition) is 0. The second-order valence-electron chi connectivity index (χ2n) is 15.1. The Morgan fingerprint density at radius 3 is 1.23 bits per heavy atom. The molecule has 1 atom stereocenters. The molecule has 60 heavy (non-hydrogen) atoms. The van der Waals surface area contributed by atoms with Crippen molar-refractivity contribution in [3.8, 4) is 0 Å². The summed E-state index contributed by atoms with van der Waals surface area (Å²) < 4.78 is 16.7. The van der Waals surface area contributed by atoms with Crippen molar-refractivity contribution in [2.75, 3.05) is 13.2 Å².